The Hall–Kier alpha value is -3.07. The number of aldehydes is 1. The van der Waals surface area contributed by atoms with E-state index in [1.54, 1.807) is 0 Å². The van der Waals surface area contributed by atoms with Gasteiger partial charge in [-0.25, -0.2) is 0 Å². The van der Waals surface area contributed by atoms with Crippen molar-refractivity contribution in [3.05, 3.63) is 88.0 Å². The van der Waals surface area contributed by atoms with Crippen LogP contribution in [-0.2, 0) is 40.1 Å². The zero-order valence-electron chi connectivity index (χ0n) is 41.5. The average molecular weight is 793 g/mol. The van der Waals surface area contributed by atoms with E-state index < -0.39 is 0 Å². The number of unbranched alkanes of at least 4 members (excludes halogenated alkanes) is 2. The molecule has 57 heavy (non-hydrogen) atoms. The van der Waals surface area contributed by atoms with E-state index in [0.29, 0.717) is 5.78 Å². The first-order chi connectivity index (χ1) is 27.2. The first-order valence-electron chi connectivity index (χ1n) is 23.2. The number of hydrogen-bond donors (Lipinski definition) is 0. The lowest BCUT2D eigenvalue weighted by atomic mass is 9.81. The van der Waals surface area contributed by atoms with E-state index in [1.165, 1.54) is 53.2 Å². The Balaban J connectivity index is -0.000000281. The highest BCUT2D eigenvalue weighted by atomic mass is 16.1. The fourth-order valence-corrected chi connectivity index (χ4v) is 5.57. The van der Waals surface area contributed by atoms with Crippen molar-refractivity contribution in [2.45, 2.75) is 215 Å². The highest BCUT2D eigenvalue weighted by Gasteiger charge is 2.25. The van der Waals surface area contributed by atoms with E-state index >= 15 is 0 Å². The fraction of sp³-hybridized carbons (Fsp3) is 0.648. The Kier molecular flexibility index (Phi) is 48.8. The van der Waals surface area contributed by atoms with Gasteiger partial charge in [-0.3, -0.25) is 9.59 Å². The Morgan fingerprint density at radius 3 is 1.54 bits per heavy atom. The van der Waals surface area contributed by atoms with Gasteiger partial charge in [-0.2, -0.15) is 0 Å². The summed E-state index contributed by atoms with van der Waals surface area (Å²) in [6.45, 7) is 43.3. The number of aryl methyl sites for hydroxylation is 4. The van der Waals surface area contributed by atoms with Crippen molar-refractivity contribution in [1.29, 1.82) is 0 Å². The molecule has 0 aliphatic heterocycles. The van der Waals surface area contributed by atoms with Crippen LogP contribution in [0.1, 0.15) is 216 Å². The summed E-state index contributed by atoms with van der Waals surface area (Å²) in [5.74, 6) is 1.57. The van der Waals surface area contributed by atoms with Gasteiger partial charge in [0.05, 0.1) is 0 Å². The molecule has 0 N–H and O–H groups in total. The highest BCUT2D eigenvalue weighted by Crippen LogP contribution is 2.31. The standard InChI is InChI=1S/C30H42O.C6H10O.C6H14.C5H10O.C3H8.2C2H6/c1-8-13-26(18-19-27-24(10-3)14-12-15-25(27)11-4)30(31)29(21(5)6)28-20-23(9-2)17-16-22(28)7;1-4-6(7)5(2)3;1-4-6(3)5-2;1-2-3-4-5-6;1-3-2;2*1-2/h12,14-17,20,26H,8-11,13,18-19H2,1-7H3;4-5H,1H2,2-3H3;6H,4-5H2,1-3H3;5H,2-4H2,1H3;3H2,1-2H3;2*1-2H3. The summed E-state index contributed by atoms with van der Waals surface area (Å²) in [4.78, 5) is 33.9. The predicted molar refractivity (Wildman–Crippen MR) is 260 cm³/mol. The normalized spacial score (nSPS) is 10.1. The van der Waals surface area contributed by atoms with Crippen LogP contribution in [0.5, 0.6) is 0 Å². The van der Waals surface area contributed by atoms with Crippen molar-refractivity contribution in [1.82, 2.24) is 0 Å². The quantitative estimate of drug-likeness (QED) is 0.0858. The van der Waals surface area contributed by atoms with Gasteiger partial charge < -0.3 is 4.79 Å². The summed E-state index contributed by atoms with van der Waals surface area (Å²) in [6.07, 6.45) is 16.1. The molecule has 330 valence electrons. The number of benzene rings is 2. The average Bonchev–Trinajstić information content (AvgIpc) is 3.23. The Labute approximate surface area is 357 Å². The minimum Gasteiger partial charge on any atom is -0.303 e. The molecule has 0 bridgehead atoms. The van der Waals surface area contributed by atoms with Crippen LogP contribution in [0.2, 0.25) is 0 Å². The van der Waals surface area contributed by atoms with Crippen molar-refractivity contribution in [3.63, 3.8) is 0 Å². The molecule has 0 heterocycles. The lowest BCUT2D eigenvalue weighted by Crippen LogP contribution is -2.19. The second kappa shape index (κ2) is 44.0. The van der Waals surface area contributed by atoms with E-state index in [1.807, 2.05) is 41.5 Å². The molecule has 0 saturated heterocycles. The summed E-state index contributed by atoms with van der Waals surface area (Å²) in [6, 6.07) is 13.3. The third-order valence-corrected chi connectivity index (χ3v) is 9.45. The zero-order chi connectivity index (χ0) is 45.4. The maximum absolute atomic E-state index is 13.9. The molecule has 0 aromatic heterocycles. The van der Waals surface area contributed by atoms with E-state index in [-0.39, 0.29) is 17.6 Å². The molecule has 0 fully saturated rings. The first kappa shape index (κ1) is 63.1. The van der Waals surface area contributed by atoms with Crippen molar-refractivity contribution in [3.8, 4) is 0 Å². The second-order valence-corrected chi connectivity index (χ2v) is 14.7. The SMILES string of the molecule is C=CC(=O)C(C)C.CC.CC.CCC.CCC(C)CC.CCCC(CCc1c(CC)cccc1CC)C(=O)C(=C(C)C)c1cc(CC)ccc1C.CCCCC=O. The van der Waals surface area contributed by atoms with Crippen molar-refractivity contribution in [2.24, 2.45) is 17.8 Å². The van der Waals surface area contributed by atoms with Gasteiger partial charge in [-0.05, 0) is 111 Å². The van der Waals surface area contributed by atoms with E-state index in [9.17, 15) is 14.4 Å². The van der Waals surface area contributed by atoms with Gasteiger partial charge in [0.2, 0.25) is 0 Å². The molecule has 2 rings (SSSR count). The molecule has 0 aliphatic carbocycles. The van der Waals surface area contributed by atoms with Crippen LogP contribution in [0.3, 0.4) is 0 Å². The first-order valence-corrected chi connectivity index (χ1v) is 23.2. The zero-order valence-corrected chi connectivity index (χ0v) is 41.5. The van der Waals surface area contributed by atoms with Crippen LogP contribution in [0.25, 0.3) is 5.57 Å². The Morgan fingerprint density at radius 1 is 0.737 bits per heavy atom. The van der Waals surface area contributed by atoms with E-state index in [0.717, 1.165) is 93.1 Å². The van der Waals surface area contributed by atoms with Crippen LogP contribution in [-0.4, -0.2) is 17.9 Å². The number of carbonyl (C=O) groups excluding carboxylic acids is 3. The maximum atomic E-state index is 13.9. The molecule has 3 nitrogen and oxygen atoms in total. The summed E-state index contributed by atoms with van der Waals surface area (Å²) in [7, 11) is 0. The molecule has 1 unspecified atom stereocenters. The molecular weight excluding hydrogens is 697 g/mol. The van der Waals surface area contributed by atoms with Gasteiger partial charge in [0, 0.05) is 23.8 Å². The molecule has 0 amide bonds. The maximum Gasteiger partial charge on any atom is 0.166 e. The van der Waals surface area contributed by atoms with Crippen molar-refractivity contribution < 1.29 is 14.4 Å². The molecule has 3 heteroatoms. The van der Waals surface area contributed by atoms with Gasteiger partial charge in [0.1, 0.15) is 6.29 Å². The minimum absolute atomic E-state index is 0.0780. The number of hydrogen-bond acceptors (Lipinski definition) is 3. The monoisotopic (exact) mass is 793 g/mol. The lowest BCUT2D eigenvalue weighted by molar-refractivity contribution is -0.118. The van der Waals surface area contributed by atoms with Gasteiger partial charge in [-0.15, -0.1) is 0 Å². The Bertz CT molecular complexity index is 1270. The van der Waals surface area contributed by atoms with Crippen molar-refractivity contribution in [2.75, 3.05) is 0 Å². The van der Waals surface area contributed by atoms with Crippen LogP contribution in [0.4, 0.5) is 0 Å². The van der Waals surface area contributed by atoms with E-state index in [4.69, 9.17) is 0 Å². The third kappa shape index (κ3) is 30.6. The minimum atomic E-state index is 0.0780. The van der Waals surface area contributed by atoms with Crippen molar-refractivity contribution >= 4 is 23.4 Å². The molecule has 0 radical (unpaired) electrons. The fourth-order valence-electron chi connectivity index (χ4n) is 5.57. The lowest BCUT2D eigenvalue weighted by Gasteiger charge is -2.22. The van der Waals surface area contributed by atoms with Crippen LogP contribution in [0.15, 0.2) is 54.6 Å². The number of allylic oxidation sites excluding steroid dienone is 3. The van der Waals surface area contributed by atoms with Crippen LogP contribution < -0.4 is 0 Å². The molecule has 2 aromatic carbocycles. The summed E-state index contributed by atoms with van der Waals surface area (Å²) < 4.78 is 0. The molecule has 0 saturated carbocycles. The number of carbonyl (C=O) groups is 3. The number of rotatable bonds is 18. The summed E-state index contributed by atoms with van der Waals surface area (Å²) in [5, 5.41) is 0. The molecule has 2 aromatic rings. The van der Waals surface area contributed by atoms with Gasteiger partial charge in [-0.1, -0.05) is 191 Å². The smallest absolute Gasteiger partial charge is 0.166 e. The Morgan fingerprint density at radius 2 is 1.25 bits per heavy atom. The van der Waals surface area contributed by atoms with Gasteiger partial charge >= 0.3 is 0 Å². The van der Waals surface area contributed by atoms with E-state index in [2.05, 4.69) is 133 Å². The molecular formula is C54H96O3. The largest absolute Gasteiger partial charge is 0.303 e. The highest BCUT2D eigenvalue weighted by molar-refractivity contribution is 6.22. The predicted octanol–water partition coefficient (Wildman–Crippen LogP) is 16.8. The molecule has 0 aliphatic rings. The van der Waals surface area contributed by atoms with Crippen LogP contribution in [0, 0.1) is 24.7 Å². The number of Topliss-reactive ketones (excluding diaryl/α,β-unsaturated/α-hetero) is 1. The summed E-state index contributed by atoms with van der Waals surface area (Å²) in [5.41, 5.74) is 10.1. The van der Waals surface area contributed by atoms with Gasteiger partial charge in [0.15, 0.2) is 11.6 Å². The van der Waals surface area contributed by atoms with Crippen LogP contribution >= 0.6 is 0 Å². The molecule has 0 spiro atoms. The third-order valence-electron chi connectivity index (χ3n) is 9.45. The topological polar surface area (TPSA) is 51.2 Å². The molecule has 1 atom stereocenters. The summed E-state index contributed by atoms with van der Waals surface area (Å²) >= 11 is 0. The second-order valence-electron chi connectivity index (χ2n) is 14.7. The number of ketones is 2. The van der Waals surface area contributed by atoms with Gasteiger partial charge in [0.25, 0.3) is 0 Å².